The van der Waals surface area contributed by atoms with Gasteiger partial charge in [-0.15, -0.1) is 0 Å². The van der Waals surface area contributed by atoms with Crippen molar-refractivity contribution in [3.8, 4) is 22.6 Å². The van der Waals surface area contributed by atoms with Crippen LogP contribution in [0.3, 0.4) is 0 Å². The van der Waals surface area contributed by atoms with E-state index in [1.54, 1.807) is 12.1 Å². The summed E-state index contributed by atoms with van der Waals surface area (Å²) >= 11 is 0. The number of phenols is 2. The van der Waals surface area contributed by atoms with Gasteiger partial charge < -0.3 is 24.8 Å². The molecular formula is C18H16O6. The Hall–Kier alpha value is -2.83. The Labute approximate surface area is 136 Å². The largest absolute Gasteiger partial charge is 0.508 e. The van der Waals surface area contributed by atoms with E-state index in [9.17, 15) is 20.1 Å². The highest BCUT2D eigenvalue weighted by molar-refractivity contribution is 5.83. The molecule has 0 aliphatic heterocycles. The van der Waals surface area contributed by atoms with Gasteiger partial charge in [-0.1, -0.05) is 12.1 Å². The summed E-state index contributed by atoms with van der Waals surface area (Å²) in [6.07, 6.45) is -1.15. The first kappa shape index (κ1) is 16.0. The normalized spacial score (nSPS) is 12.4. The van der Waals surface area contributed by atoms with E-state index in [1.165, 1.54) is 30.3 Å². The number of hydrogen-bond acceptors (Lipinski definition) is 6. The van der Waals surface area contributed by atoms with Crippen molar-refractivity contribution in [2.24, 2.45) is 0 Å². The summed E-state index contributed by atoms with van der Waals surface area (Å²) in [7, 11) is 0. The highest BCUT2D eigenvalue weighted by atomic mass is 16.3. The molecule has 3 aromatic rings. The van der Waals surface area contributed by atoms with E-state index < -0.39 is 12.7 Å². The molecule has 1 heterocycles. The van der Waals surface area contributed by atoms with Crippen molar-refractivity contribution in [2.75, 3.05) is 6.61 Å². The first-order valence-electron chi connectivity index (χ1n) is 7.36. The van der Waals surface area contributed by atoms with Crippen LogP contribution in [0.2, 0.25) is 0 Å². The van der Waals surface area contributed by atoms with Crippen LogP contribution in [-0.4, -0.2) is 33.1 Å². The zero-order chi connectivity index (χ0) is 17.3. The molecule has 0 amide bonds. The predicted molar refractivity (Wildman–Crippen MR) is 88.0 cm³/mol. The topological polar surface area (TPSA) is 111 Å². The molecule has 0 aliphatic rings. The van der Waals surface area contributed by atoms with Gasteiger partial charge in [-0.3, -0.25) is 4.79 Å². The SMILES string of the molecule is O=c1c(-c2ccc(O)cc2)c(CC(O)CO)oc2cc(O)ccc12. The Kier molecular flexibility index (Phi) is 4.24. The Bertz CT molecular complexity index is 927. The number of benzene rings is 2. The highest BCUT2D eigenvalue weighted by Gasteiger charge is 2.19. The Morgan fingerprint density at radius 3 is 2.33 bits per heavy atom. The molecule has 24 heavy (non-hydrogen) atoms. The molecule has 4 N–H and O–H groups in total. The van der Waals surface area contributed by atoms with Gasteiger partial charge in [0, 0.05) is 12.5 Å². The van der Waals surface area contributed by atoms with Crippen molar-refractivity contribution in [2.45, 2.75) is 12.5 Å². The maximum Gasteiger partial charge on any atom is 0.200 e. The van der Waals surface area contributed by atoms with Gasteiger partial charge in [-0.05, 0) is 29.8 Å². The first-order valence-corrected chi connectivity index (χ1v) is 7.36. The number of aliphatic hydroxyl groups is 2. The van der Waals surface area contributed by atoms with Crippen molar-refractivity contribution in [3.63, 3.8) is 0 Å². The van der Waals surface area contributed by atoms with Gasteiger partial charge in [-0.2, -0.15) is 0 Å². The second-order valence-electron chi connectivity index (χ2n) is 5.50. The molecule has 1 unspecified atom stereocenters. The zero-order valence-electron chi connectivity index (χ0n) is 12.6. The van der Waals surface area contributed by atoms with E-state index >= 15 is 0 Å². The van der Waals surface area contributed by atoms with Gasteiger partial charge in [-0.25, -0.2) is 0 Å². The quantitative estimate of drug-likeness (QED) is 0.581. The summed E-state index contributed by atoms with van der Waals surface area (Å²) in [5.74, 6) is 0.216. The number of hydrogen-bond donors (Lipinski definition) is 4. The van der Waals surface area contributed by atoms with Gasteiger partial charge in [0.2, 0.25) is 5.43 Å². The standard InChI is InChI=1S/C18H16O6/c19-9-13(22)8-16-17(10-1-3-11(20)4-2-10)18(23)14-6-5-12(21)7-15(14)24-16/h1-7,13,19-22H,8-9H2. The number of fused-ring (bicyclic) bond motifs is 1. The second-order valence-corrected chi connectivity index (χ2v) is 5.50. The van der Waals surface area contributed by atoms with Crippen LogP contribution < -0.4 is 5.43 Å². The first-order chi connectivity index (χ1) is 11.5. The van der Waals surface area contributed by atoms with E-state index in [0.29, 0.717) is 5.56 Å². The summed E-state index contributed by atoms with van der Waals surface area (Å²) in [6.45, 7) is -0.475. The number of rotatable bonds is 4. The van der Waals surface area contributed by atoms with Gasteiger partial charge >= 0.3 is 0 Å². The summed E-state index contributed by atoms with van der Waals surface area (Å²) in [6, 6.07) is 10.2. The molecule has 0 bridgehead atoms. The fraction of sp³-hybridized carbons (Fsp3) is 0.167. The average Bonchev–Trinajstić information content (AvgIpc) is 2.56. The molecule has 1 atom stereocenters. The van der Waals surface area contributed by atoms with Crippen LogP contribution in [0.4, 0.5) is 0 Å². The molecular weight excluding hydrogens is 312 g/mol. The maximum atomic E-state index is 12.9. The third kappa shape index (κ3) is 2.97. The van der Waals surface area contributed by atoms with Gasteiger partial charge in [0.15, 0.2) is 0 Å². The zero-order valence-corrected chi connectivity index (χ0v) is 12.6. The summed E-state index contributed by atoms with van der Waals surface area (Å²) in [5.41, 5.74) is 0.655. The minimum absolute atomic E-state index is 0.0447. The minimum Gasteiger partial charge on any atom is -0.508 e. The fourth-order valence-corrected chi connectivity index (χ4v) is 2.57. The Morgan fingerprint density at radius 2 is 1.67 bits per heavy atom. The number of phenolic OH excluding ortho intramolecular Hbond substituents is 2. The lowest BCUT2D eigenvalue weighted by Crippen LogP contribution is -2.18. The lowest BCUT2D eigenvalue weighted by molar-refractivity contribution is 0.0914. The van der Waals surface area contributed by atoms with Crippen LogP contribution in [0.1, 0.15) is 5.76 Å². The van der Waals surface area contributed by atoms with E-state index in [0.717, 1.165) is 0 Å². The molecule has 6 nitrogen and oxygen atoms in total. The number of aliphatic hydroxyl groups excluding tert-OH is 2. The molecule has 6 heteroatoms. The van der Waals surface area contributed by atoms with Crippen molar-refractivity contribution in [3.05, 3.63) is 58.4 Å². The molecule has 0 aliphatic carbocycles. The van der Waals surface area contributed by atoms with Crippen LogP contribution in [0, 0.1) is 0 Å². The number of aromatic hydroxyl groups is 2. The van der Waals surface area contributed by atoms with Crippen LogP contribution in [0.25, 0.3) is 22.1 Å². The van der Waals surface area contributed by atoms with Crippen molar-refractivity contribution in [1.82, 2.24) is 0 Å². The van der Waals surface area contributed by atoms with Crippen LogP contribution in [-0.2, 0) is 6.42 Å². The lowest BCUT2D eigenvalue weighted by atomic mass is 9.99. The van der Waals surface area contributed by atoms with Crippen LogP contribution in [0.15, 0.2) is 51.7 Å². The van der Waals surface area contributed by atoms with Crippen LogP contribution >= 0.6 is 0 Å². The molecule has 3 rings (SSSR count). The van der Waals surface area contributed by atoms with E-state index in [4.69, 9.17) is 9.52 Å². The summed E-state index contributed by atoms with van der Waals surface area (Å²) in [4.78, 5) is 12.9. The Balaban J connectivity index is 2.29. The fourth-order valence-electron chi connectivity index (χ4n) is 2.57. The molecule has 0 saturated carbocycles. The van der Waals surface area contributed by atoms with E-state index in [2.05, 4.69) is 0 Å². The minimum atomic E-state index is -1.08. The molecule has 1 aromatic heterocycles. The van der Waals surface area contributed by atoms with Crippen molar-refractivity contribution >= 4 is 11.0 Å². The van der Waals surface area contributed by atoms with Gasteiger partial charge in [0.1, 0.15) is 22.8 Å². The van der Waals surface area contributed by atoms with Crippen molar-refractivity contribution in [1.29, 1.82) is 0 Å². The smallest absolute Gasteiger partial charge is 0.200 e. The maximum absolute atomic E-state index is 12.9. The summed E-state index contributed by atoms with van der Waals surface area (Å²) < 4.78 is 5.72. The molecule has 124 valence electrons. The molecule has 0 saturated heterocycles. The van der Waals surface area contributed by atoms with Gasteiger partial charge in [0.05, 0.1) is 23.7 Å². The molecule has 0 radical (unpaired) electrons. The molecule has 0 fully saturated rings. The van der Waals surface area contributed by atoms with Gasteiger partial charge in [0.25, 0.3) is 0 Å². The summed E-state index contributed by atoms with van der Waals surface area (Å²) in [5, 5.41) is 38.1. The third-order valence-electron chi connectivity index (χ3n) is 3.74. The van der Waals surface area contributed by atoms with E-state index in [-0.39, 0.29) is 45.6 Å². The van der Waals surface area contributed by atoms with Crippen molar-refractivity contribution < 1.29 is 24.8 Å². The molecule has 2 aromatic carbocycles. The second kappa shape index (κ2) is 6.35. The van der Waals surface area contributed by atoms with E-state index in [1.807, 2.05) is 0 Å². The lowest BCUT2D eigenvalue weighted by Gasteiger charge is -2.13. The Morgan fingerprint density at radius 1 is 1.00 bits per heavy atom. The van der Waals surface area contributed by atoms with Crippen LogP contribution in [0.5, 0.6) is 11.5 Å². The highest BCUT2D eigenvalue weighted by Crippen LogP contribution is 2.28. The molecule has 0 spiro atoms. The predicted octanol–water partition coefficient (Wildman–Crippen LogP) is 1.77. The third-order valence-corrected chi connectivity index (χ3v) is 3.74. The average molecular weight is 328 g/mol. The monoisotopic (exact) mass is 328 g/mol.